The number of imidazole rings is 1. The summed E-state index contributed by atoms with van der Waals surface area (Å²) in [4.78, 5) is 56.5. The summed E-state index contributed by atoms with van der Waals surface area (Å²) in [5, 5.41) is 27.6. The van der Waals surface area contributed by atoms with Gasteiger partial charge in [-0.1, -0.05) is 112 Å². The summed E-state index contributed by atoms with van der Waals surface area (Å²) in [6, 6.07) is 41.9. The first-order valence-electron chi connectivity index (χ1n) is 22.2. The molecule has 8 rings (SSSR count). The van der Waals surface area contributed by atoms with Crippen molar-refractivity contribution in [2.24, 2.45) is 5.92 Å². The van der Waals surface area contributed by atoms with Gasteiger partial charge in [0.25, 0.3) is 5.88 Å². The molecule has 7 aromatic rings. The van der Waals surface area contributed by atoms with Crippen LogP contribution in [-0.4, -0.2) is 86.2 Å². The summed E-state index contributed by atoms with van der Waals surface area (Å²) in [6.45, 7) is 4.78. The van der Waals surface area contributed by atoms with E-state index in [4.69, 9.17) is 23.7 Å². The number of aliphatic hydroxyl groups excluding tert-OH is 1. The highest BCUT2D eigenvalue weighted by atomic mass is 16.6. The molecule has 350 valence electrons. The number of carbonyl (C=O) groups is 3. The molecule has 68 heavy (non-hydrogen) atoms. The highest BCUT2D eigenvalue weighted by molar-refractivity contribution is 5.98. The molecule has 3 N–H and O–H groups in total. The molecular formula is C52H52N6O10. The summed E-state index contributed by atoms with van der Waals surface area (Å²) in [5.41, 5.74) is -1.01. The first-order valence-corrected chi connectivity index (χ1v) is 22.2. The maximum atomic E-state index is 14.3. The molecule has 0 saturated carbocycles. The molecule has 0 radical (unpaired) electrons. The molecule has 3 heterocycles. The van der Waals surface area contributed by atoms with E-state index in [-0.39, 0.29) is 36.0 Å². The molecule has 1 saturated heterocycles. The monoisotopic (exact) mass is 920 g/mol. The number of Topliss-reactive ketones (excluding diaryl/α,β-unsaturated/α-hetero) is 1. The predicted octanol–water partition coefficient (Wildman–Crippen LogP) is 8.14. The maximum absolute atomic E-state index is 14.3. The van der Waals surface area contributed by atoms with E-state index < -0.39 is 53.3 Å². The number of aliphatic hydroxyl groups is 2. The average Bonchev–Trinajstić information content (AvgIpc) is 3.90. The van der Waals surface area contributed by atoms with E-state index in [0.29, 0.717) is 40.4 Å². The molecule has 2 aromatic heterocycles. The van der Waals surface area contributed by atoms with Crippen LogP contribution in [0, 0.1) is 5.92 Å². The second kappa shape index (κ2) is 20.2. The van der Waals surface area contributed by atoms with Gasteiger partial charge in [-0.2, -0.15) is 9.97 Å². The Balaban J connectivity index is 1.22. The minimum atomic E-state index is -2.59. The fraction of sp³-hybridized carbons (Fsp3) is 0.269. The van der Waals surface area contributed by atoms with Gasteiger partial charge in [-0.05, 0) is 71.6 Å². The number of carbonyl (C=O) groups excluding carboxylic acids is 3. The number of ketones is 1. The van der Waals surface area contributed by atoms with E-state index in [2.05, 4.69) is 20.3 Å². The van der Waals surface area contributed by atoms with Crippen LogP contribution in [0.2, 0.25) is 0 Å². The van der Waals surface area contributed by atoms with Crippen LogP contribution in [0.3, 0.4) is 0 Å². The second-order valence-electron chi connectivity index (χ2n) is 16.5. The van der Waals surface area contributed by atoms with Gasteiger partial charge >= 0.3 is 6.09 Å². The molecule has 16 heteroatoms. The van der Waals surface area contributed by atoms with Crippen LogP contribution in [0.25, 0.3) is 11.2 Å². The van der Waals surface area contributed by atoms with Crippen LogP contribution in [0.15, 0.2) is 146 Å². The zero-order chi connectivity index (χ0) is 48.0. The molecule has 4 atom stereocenters. The number of amides is 2. The van der Waals surface area contributed by atoms with Crippen LogP contribution in [0.1, 0.15) is 56.5 Å². The van der Waals surface area contributed by atoms with Crippen LogP contribution in [-0.2, 0) is 24.7 Å². The van der Waals surface area contributed by atoms with Crippen LogP contribution < -0.4 is 24.4 Å². The number of nitrogens with zero attached hydrogens (tertiary/aromatic N) is 5. The zero-order valence-electron chi connectivity index (χ0n) is 38.2. The number of rotatable bonds is 17. The largest absolute Gasteiger partial charge is 0.497 e. The Hall–Kier alpha value is -7.50. The van der Waals surface area contributed by atoms with E-state index in [9.17, 15) is 24.6 Å². The fourth-order valence-electron chi connectivity index (χ4n) is 8.28. The number of benzene rings is 5. The van der Waals surface area contributed by atoms with Gasteiger partial charge in [0.1, 0.15) is 29.3 Å². The summed E-state index contributed by atoms with van der Waals surface area (Å²) in [5.74, 6) is -1.03. The molecule has 5 aromatic carbocycles. The van der Waals surface area contributed by atoms with Crippen molar-refractivity contribution >= 4 is 46.3 Å². The number of fused-ring (bicyclic) bond motifs is 1. The lowest BCUT2D eigenvalue weighted by molar-refractivity contribution is -0.158. The Labute approximate surface area is 393 Å². The van der Waals surface area contributed by atoms with Gasteiger partial charge in [0.2, 0.25) is 11.9 Å². The second-order valence-corrected chi connectivity index (χ2v) is 16.5. The third kappa shape index (κ3) is 9.01. The van der Waals surface area contributed by atoms with Crippen molar-refractivity contribution in [1.82, 2.24) is 19.5 Å². The van der Waals surface area contributed by atoms with Crippen molar-refractivity contribution in [2.45, 2.75) is 63.3 Å². The lowest BCUT2D eigenvalue weighted by Crippen LogP contribution is -2.53. The van der Waals surface area contributed by atoms with Crippen LogP contribution in [0.5, 0.6) is 17.4 Å². The fourth-order valence-corrected chi connectivity index (χ4v) is 8.28. The first kappa shape index (κ1) is 47.0. The third-order valence-electron chi connectivity index (χ3n) is 11.8. The molecule has 1 aliphatic rings. The number of methoxy groups -OCH3 is 2. The van der Waals surface area contributed by atoms with Crippen molar-refractivity contribution in [1.29, 1.82) is 0 Å². The van der Waals surface area contributed by atoms with Crippen LogP contribution >= 0.6 is 0 Å². The van der Waals surface area contributed by atoms with Gasteiger partial charge in [0.05, 0.1) is 38.5 Å². The average molecular weight is 921 g/mol. The smallest absolute Gasteiger partial charge is 0.425 e. The molecule has 0 spiro atoms. The van der Waals surface area contributed by atoms with Gasteiger partial charge in [-0.15, -0.1) is 0 Å². The Bertz CT molecular complexity index is 2760. The quantitative estimate of drug-likeness (QED) is 0.0741. The standard InChI is InChI=1S/C52H52N6O10/c1-6-16-42(59)51(63)44(60)41(31-66-52(34-17-10-7-11-18-34,35-23-27-39(64-4)28-24-35)36-25-29-40(65-5)30-26-36)67-48(51)57-32-53-43-45(57)54-49(55-46(61)33(2)3)56-47(43)68-50(62)58(37-19-12-8-13-20-37)38-21-14-9-15-22-38/h7-15,17-30,32-33,41,44,48,60,63H,6,16,31H2,1-5H3,(H,54,55,56,61)/t41-,44-,48-,51-/m1/s1. The highest BCUT2D eigenvalue weighted by Gasteiger charge is 2.61. The maximum Gasteiger partial charge on any atom is 0.425 e. The van der Waals surface area contributed by atoms with Crippen LogP contribution in [0.4, 0.5) is 22.1 Å². The Kier molecular flexibility index (Phi) is 13.9. The molecule has 1 aliphatic heterocycles. The number of hydrogen-bond acceptors (Lipinski definition) is 13. The van der Waals surface area contributed by atoms with Crippen molar-refractivity contribution in [3.8, 4) is 17.4 Å². The lowest BCUT2D eigenvalue weighted by atomic mass is 9.80. The number of hydrogen-bond donors (Lipinski definition) is 3. The van der Waals surface area contributed by atoms with Crippen molar-refractivity contribution < 1.29 is 48.3 Å². The lowest BCUT2D eigenvalue weighted by Gasteiger charge is -2.37. The number of ether oxygens (including phenoxy) is 5. The van der Waals surface area contributed by atoms with E-state index in [0.717, 1.165) is 5.56 Å². The van der Waals surface area contributed by atoms with Crippen molar-refractivity contribution in [3.05, 3.63) is 163 Å². The molecular weight excluding hydrogens is 869 g/mol. The van der Waals surface area contributed by atoms with E-state index in [1.54, 1.807) is 83.5 Å². The summed E-state index contributed by atoms with van der Waals surface area (Å²) >= 11 is 0. The van der Waals surface area contributed by atoms with Crippen molar-refractivity contribution in [3.63, 3.8) is 0 Å². The molecule has 2 amide bonds. The van der Waals surface area contributed by atoms with E-state index in [1.165, 1.54) is 15.8 Å². The minimum Gasteiger partial charge on any atom is -0.497 e. The SMILES string of the molecule is CCCC(=O)[C@@]1(O)[C@H](O)[C@@H](COC(c2ccccc2)(c2ccc(OC)cc2)c2ccc(OC)cc2)O[C@H]1n1cnc2c(OC(=O)N(c3ccccc3)c3ccccc3)nc(NC(=O)C(C)C)nc21. The van der Waals surface area contributed by atoms with Gasteiger partial charge in [0.15, 0.2) is 28.8 Å². The highest BCUT2D eigenvalue weighted by Crippen LogP contribution is 2.46. The topological polar surface area (TPSA) is 197 Å². The van der Waals surface area contributed by atoms with E-state index in [1.807, 2.05) is 91.0 Å². The number of anilines is 3. The minimum absolute atomic E-state index is 0.0767. The summed E-state index contributed by atoms with van der Waals surface area (Å²) < 4.78 is 31.9. The zero-order valence-corrected chi connectivity index (χ0v) is 38.2. The molecule has 0 bridgehead atoms. The third-order valence-corrected chi connectivity index (χ3v) is 11.8. The number of aromatic nitrogens is 4. The van der Waals surface area contributed by atoms with E-state index >= 15 is 0 Å². The normalized spacial score (nSPS) is 18.0. The molecule has 0 aliphatic carbocycles. The Morgan fingerprint density at radius 1 is 0.794 bits per heavy atom. The first-order chi connectivity index (χ1) is 32.9. The summed E-state index contributed by atoms with van der Waals surface area (Å²) in [6.07, 6.45) is -4.27. The molecule has 16 nitrogen and oxygen atoms in total. The Morgan fingerprint density at radius 3 is 1.84 bits per heavy atom. The van der Waals surface area contributed by atoms with Gasteiger partial charge in [-0.3, -0.25) is 19.5 Å². The summed E-state index contributed by atoms with van der Waals surface area (Å²) in [7, 11) is 3.15. The van der Waals surface area contributed by atoms with Gasteiger partial charge in [-0.25, -0.2) is 14.7 Å². The predicted molar refractivity (Wildman–Crippen MR) is 253 cm³/mol. The molecule has 0 unspecified atom stereocenters. The number of nitrogens with one attached hydrogen (secondary N) is 1. The molecule has 1 fully saturated rings. The van der Waals surface area contributed by atoms with Gasteiger partial charge in [0, 0.05) is 12.3 Å². The van der Waals surface area contributed by atoms with Crippen molar-refractivity contribution in [2.75, 3.05) is 31.0 Å². The Morgan fingerprint density at radius 2 is 1.32 bits per heavy atom. The van der Waals surface area contributed by atoms with Gasteiger partial charge < -0.3 is 33.9 Å². The number of para-hydroxylation sites is 2.